The average Bonchev–Trinajstić information content (AvgIpc) is 2.59. The van der Waals surface area contributed by atoms with Crippen LogP contribution >= 0.6 is 0 Å². The highest BCUT2D eigenvalue weighted by Crippen LogP contribution is 2.23. The molecular formula is C22H46O2. The van der Waals surface area contributed by atoms with E-state index in [1.165, 1.54) is 89.9 Å². The Morgan fingerprint density at radius 3 is 1.08 bits per heavy atom. The Morgan fingerprint density at radius 1 is 0.500 bits per heavy atom. The molecule has 0 aromatic heterocycles. The molecule has 0 amide bonds. The Hall–Kier alpha value is -0.0800. The molecule has 0 aromatic rings. The molecule has 0 radical (unpaired) electrons. The van der Waals surface area contributed by atoms with Gasteiger partial charge in [0.15, 0.2) is 0 Å². The monoisotopic (exact) mass is 342 g/mol. The molecule has 0 saturated carbocycles. The molecule has 0 aromatic carbocycles. The molecule has 0 aliphatic heterocycles. The highest BCUT2D eigenvalue weighted by Gasteiger charge is 2.24. The number of aliphatic hydroxyl groups excluding tert-OH is 1. The molecule has 0 saturated heterocycles. The van der Waals surface area contributed by atoms with Crippen LogP contribution in [0.5, 0.6) is 0 Å². The highest BCUT2D eigenvalue weighted by molar-refractivity contribution is 4.77. The van der Waals surface area contributed by atoms with E-state index in [0.29, 0.717) is 0 Å². The third-order valence-corrected chi connectivity index (χ3v) is 5.29. The summed E-state index contributed by atoms with van der Waals surface area (Å²) in [6, 6.07) is 0. The van der Waals surface area contributed by atoms with E-state index in [2.05, 4.69) is 13.8 Å². The van der Waals surface area contributed by atoms with Crippen LogP contribution in [-0.4, -0.2) is 22.4 Å². The van der Waals surface area contributed by atoms with Crippen LogP contribution in [0.2, 0.25) is 0 Å². The van der Waals surface area contributed by atoms with Crippen molar-refractivity contribution in [1.82, 2.24) is 0 Å². The predicted octanol–water partition coefficient (Wildman–Crippen LogP) is 6.77. The van der Waals surface area contributed by atoms with E-state index in [1.54, 1.807) is 0 Å². The molecule has 0 atom stereocenters. The molecule has 2 heteroatoms. The second-order valence-corrected chi connectivity index (χ2v) is 7.83. The standard InChI is InChI=1S/C22H46O2/c1-3-5-7-9-11-13-15-17-19-22(24,21-23)20-18-16-14-12-10-8-6-4-2/h23-24H,3-21H2,1-2H3. The van der Waals surface area contributed by atoms with Gasteiger partial charge in [0.05, 0.1) is 12.2 Å². The smallest absolute Gasteiger partial charge is 0.0877 e. The fourth-order valence-corrected chi connectivity index (χ4v) is 3.46. The van der Waals surface area contributed by atoms with Gasteiger partial charge < -0.3 is 10.2 Å². The van der Waals surface area contributed by atoms with Crippen molar-refractivity contribution in [1.29, 1.82) is 0 Å². The largest absolute Gasteiger partial charge is 0.393 e. The zero-order valence-electron chi connectivity index (χ0n) is 16.8. The quantitative estimate of drug-likeness (QED) is 0.254. The third kappa shape index (κ3) is 15.4. The molecule has 24 heavy (non-hydrogen) atoms. The van der Waals surface area contributed by atoms with Crippen LogP contribution in [0.1, 0.15) is 129 Å². The van der Waals surface area contributed by atoms with E-state index < -0.39 is 5.60 Å². The zero-order valence-corrected chi connectivity index (χ0v) is 16.8. The van der Waals surface area contributed by atoms with Crippen molar-refractivity contribution < 1.29 is 10.2 Å². The first-order valence-electron chi connectivity index (χ1n) is 11.0. The molecule has 0 aliphatic carbocycles. The van der Waals surface area contributed by atoms with Crippen molar-refractivity contribution >= 4 is 0 Å². The number of hydrogen-bond donors (Lipinski definition) is 2. The number of aliphatic hydroxyl groups is 2. The second kappa shape index (κ2) is 17.7. The lowest BCUT2D eigenvalue weighted by Crippen LogP contribution is -2.33. The normalized spacial score (nSPS) is 12.0. The molecule has 0 spiro atoms. The zero-order chi connectivity index (χ0) is 17.9. The molecule has 0 fully saturated rings. The SMILES string of the molecule is CCCCCCCCCCC(O)(CO)CCCCCCCCCC. The summed E-state index contributed by atoms with van der Waals surface area (Å²) in [4.78, 5) is 0. The van der Waals surface area contributed by atoms with Gasteiger partial charge in [-0.3, -0.25) is 0 Å². The molecule has 2 nitrogen and oxygen atoms in total. The summed E-state index contributed by atoms with van der Waals surface area (Å²) in [5, 5.41) is 20.1. The maximum atomic E-state index is 10.5. The van der Waals surface area contributed by atoms with Gasteiger partial charge in [0.1, 0.15) is 0 Å². The number of unbranched alkanes of at least 4 members (excludes halogenated alkanes) is 14. The fourth-order valence-electron chi connectivity index (χ4n) is 3.46. The Labute approximate surface area is 152 Å². The molecule has 0 unspecified atom stereocenters. The summed E-state index contributed by atoms with van der Waals surface area (Å²) in [5.41, 5.74) is -0.815. The van der Waals surface area contributed by atoms with Crippen LogP contribution in [0.25, 0.3) is 0 Å². The minimum atomic E-state index is -0.815. The molecule has 2 N–H and O–H groups in total. The lowest BCUT2D eigenvalue weighted by molar-refractivity contribution is -0.0314. The van der Waals surface area contributed by atoms with Gasteiger partial charge in [0.2, 0.25) is 0 Å². The number of hydrogen-bond acceptors (Lipinski definition) is 2. The summed E-state index contributed by atoms with van der Waals surface area (Å²) >= 11 is 0. The minimum Gasteiger partial charge on any atom is -0.393 e. The van der Waals surface area contributed by atoms with Gasteiger partial charge in [0.25, 0.3) is 0 Å². The first-order chi connectivity index (χ1) is 11.7. The van der Waals surface area contributed by atoms with Crippen LogP contribution in [0.3, 0.4) is 0 Å². The minimum absolute atomic E-state index is 0.0694. The number of rotatable bonds is 19. The average molecular weight is 343 g/mol. The van der Waals surface area contributed by atoms with Gasteiger partial charge in [-0.15, -0.1) is 0 Å². The van der Waals surface area contributed by atoms with Crippen molar-refractivity contribution in [2.24, 2.45) is 0 Å². The van der Waals surface area contributed by atoms with Gasteiger partial charge in [-0.25, -0.2) is 0 Å². The van der Waals surface area contributed by atoms with Crippen molar-refractivity contribution in [2.75, 3.05) is 6.61 Å². The summed E-state index contributed by atoms with van der Waals surface area (Å²) in [7, 11) is 0. The van der Waals surface area contributed by atoms with Crippen molar-refractivity contribution in [2.45, 2.75) is 135 Å². The van der Waals surface area contributed by atoms with Gasteiger partial charge in [-0.1, -0.05) is 117 Å². The van der Waals surface area contributed by atoms with E-state index in [0.717, 1.165) is 25.7 Å². The van der Waals surface area contributed by atoms with Crippen LogP contribution in [-0.2, 0) is 0 Å². The molecule has 0 rings (SSSR count). The van der Waals surface area contributed by atoms with E-state index in [-0.39, 0.29) is 6.61 Å². The van der Waals surface area contributed by atoms with E-state index >= 15 is 0 Å². The van der Waals surface area contributed by atoms with Crippen LogP contribution in [0.4, 0.5) is 0 Å². The van der Waals surface area contributed by atoms with Crippen molar-refractivity contribution in [3.05, 3.63) is 0 Å². The van der Waals surface area contributed by atoms with Crippen LogP contribution in [0.15, 0.2) is 0 Å². The molecule has 0 heterocycles. The van der Waals surface area contributed by atoms with Crippen LogP contribution in [0, 0.1) is 0 Å². The maximum absolute atomic E-state index is 10.5. The third-order valence-electron chi connectivity index (χ3n) is 5.29. The Bertz CT molecular complexity index is 220. The Kier molecular flexibility index (Phi) is 17.7. The lowest BCUT2D eigenvalue weighted by Gasteiger charge is -2.26. The van der Waals surface area contributed by atoms with Crippen molar-refractivity contribution in [3.63, 3.8) is 0 Å². The summed E-state index contributed by atoms with van der Waals surface area (Å²) in [6.07, 6.45) is 22.1. The van der Waals surface area contributed by atoms with Gasteiger partial charge in [0, 0.05) is 0 Å². The van der Waals surface area contributed by atoms with E-state index in [1.807, 2.05) is 0 Å². The first kappa shape index (κ1) is 23.9. The summed E-state index contributed by atoms with van der Waals surface area (Å²) < 4.78 is 0. The summed E-state index contributed by atoms with van der Waals surface area (Å²) in [5.74, 6) is 0. The summed E-state index contributed by atoms with van der Waals surface area (Å²) in [6.45, 7) is 4.43. The van der Waals surface area contributed by atoms with Crippen molar-refractivity contribution in [3.8, 4) is 0 Å². The van der Waals surface area contributed by atoms with Gasteiger partial charge >= 0.3 is 0 Å². The topological polar surface area (TPSA) is 40.5 Å². The highest BCUT2D eigenvalue weighted by atomic mass is 16.3. The van der Waals surface area contributed by atoms with Gasteiger partial charge in [-0.05, 0) is 12.8 Å². The molecule has 146 valence electrons. The molecule has 0 bridgehead atoms. The second-order valence-electron chi connectivity index (χ2n) is 7.83. The Morgan fingerprint density at radius 2 is 0.792 bits per heavy atom. The fraction of sp³-hybridized carbons (Fsp3) is 1.00. The van der Waals surface area contributed by atoms with E-state index in [9.17, 15) is 10.2 Å². The van der Waals surface area contributed by atoms with Crippen LogP contribution < -0.4 is 0 Å². The van der Waals surface area contributed by atoms with E-state index in [4.69, 9.17) is 0 Å². The van der Waals surface area contributed by atoms with Gasteiger partial charge in [-0.2, -0.15) is 0 Å². The Balaban J connectivity index is 3.51. The molecule has 0 aliphatic rings. The lowest BCUT2D eigenvalue weighted by atomic mass is 9.90. The maximum Gasteiger partial charge on any atom is 0.0877 e. The predicted molar refractivity (Wildman–Crippen MR) is 106 cm³/mol. The first-order valence-corrected chi connectivity index (χ1v) is 11.0. The molecular weight excluding hydrogens is 296 g/mol.